The van der Waals surface area contributed by atoms with E-state index in [1.54, 1.807) is 50.6 Å². The average molecular weight is 307 g/mol. The third kappa shape index (κ3) is 2.71. The molecule has 0 unspecified atom stereocenters. The first-order valence-electron chi connectivity index (χ1n) is 7.24. The maximum atomic E-state index is 12.7. The van der Waals surface area contributed by atoms with E-state index in [9.17, 15) is 9.90 Å². The molecule has 4 heteroatoms. The zero-order valence-corrected chi connectivity index (χ0v) is 13.0. The van der Waals surface area contributed by atoms with Gasteiger partial charge in [0.05, 0.1) is 12.7 Å². The predicted molar refractivity (Wildman–Crippen MR) is 91.3 cm³/mol. The van der Waals surface area contributed by atoms with E-state index in [1.807, 2.05) is 24.3 Å². The fourth-order valence-corrected chi connectivity index (χ4v) is 2.53. The number of nitrogens with zero attached hydrogens (tertiary/aromatic N) is 1. The molecule has 0 spiro atoms. The molecule has 4 nitrogen and oxygen atoms in total. The van der Waals surface area contributed by atoms with Crippen molar-refractivity contribution in [1.82, 2.24) is 0 Å². The van der Waals surface area contributed by atoms with Gasteiger partial charge in [-0.25, -0.2) is 0 Å². The number of fused-ring (bicyclic) bond motifs is 1. The van der Waals surface area contributed by atoms with Gasteiger partial charge in [0.1, 0.15) is 11.5 Å². The number of carbonyl (C=O) groups is 1. The quantitative estimate of drug-likeness (QED) is 0.800. The molecule has 0 saturated heterocycles. The molecule has 0 heterocycles. The molecule has 0 aliphatic rings. The van der Waals surface area contributed by atoms with Gasteiger partial charge in [-0.05, 0) is 35.7 Å². The highest BCUT2D eigenvalue weighted by atomic mass is 16.5. The van der Waals surface area contributed by atoms with Gasteiger partial charge in [0.25, 0.3) is 5.91 Å². The molecule has 0 bridgehead atoms. The highest BCUT2D eigenvalue weighted by Gasteiger charge is 2.18. The number of anilines is 1. The SMILES string of the molecule is COc1ccc(N(C)C(=O)c2ccc3ccccc3c2O)cc1. The first kappa shape index (κ1) is 14.9. The predicted octanol–water partition coefficient (Wildman–Crippen LogP) is 3.83. The van der Waals surface area contributed by atoms with Crippen molar-refractivity contribution in [3.05, 3.63) is 66.2 Å². The molecule has 0 radical (unpaired) electrons. The molecule has 3 aromatic rings. The van der Waals surface area contributed by atoms with Crippen molar-refractivity contribution < 1.29 is 14.6 Å². The molecular weight excluding hydrogens is 290 g/mol. The van der Waals surface area contributed by atoms with Gasteiger partial charge in [-0.1, -0.05) is 30.3 Å². The molecule has 3 aromatic carbocycles. The smallest absolute Gasteiger partial charge is 0.261 e. The minimum Gasteiger partial charge on any atom is -0.506 e. The molecule has 1 N–H and O–H groups in total. The standard InChI is InChI=1S/C19H17NO3/c1-20(14-8-10-15(23-2)11-9-14)19(22)17-12-7-13-5-3-4-6-16(13)18(17)21/h3-12,21H,1-2H3. The molecule has 0 saturated carbocycles. The molecular formula is C19H17NO3. The number of hydrogen-bond donors (Lipinski definition) is 1. The van der Waals surface area contributed by atoms with Crippen LogP contribution in [0.2, 0.25) is 0 Å². The number of phenolic OH excluding ortho intramolecular Hbond substituents is 1. The van der Waals surface area contributed by atoms with Crippen molar-refractivity contribution in [2.75, 3.05) is 19.1 Å². The Hall–Kier alpha value is -3.01. The summed E-state index contributed by atoms with van der Waals surface area (Å²) >= 11 is 0. The van der Waals surface area contributed by atoms with E-state index < -0.39 is 0 Å². The summed E-state index contributed by atoms with van der Waals surface area (Å²) in [5.41, 5.74) is 1.00. The number of rotatable bonds is 3. The van der Waals surface area contributed by atoms with Gasteiger partial charge in [-0.3, -0.25) is 4.79 Å². The summed E-state index contributed by atoms with van der Waals surface area (Å²) in [7, 11) is 3.27. The fourth-order valence-electron chi connectivity index (χ4n) is 2.53. The second-order valence-corrected chi connectivity index (χ2v) is 5.25. The lowest BCUT2D eigenvalue weighted by Gasteiger charge is -2.19. The monoisotopic (exact) mass is 307 g/mol. The number of amides is 1. The first-order valence-corrected chi connectivity index (χ1v) is 7.24. The van der Waals surface area contributed by atoms with Crippen LogP contribution in [0.5, 0.6) is 11.5 Å². The number of hydrogen-bond acceptors (Lipinski definition) is 3. The molecule has 0 aliphatic carbocycles. The molecule has 3 rings (SSSR count). The second-order valence-electron chi connectivity index (χ2n) is 5.25. The van der Waals surface area contributed by atoms with E-state index in [1.165, 1.54) is 4.90 Å². The topological polar surface area (TPSA) is 49.8 Å². The Labute approximate surface area is 134 Å². The van der Waals surface area contributed by atoms with Crippen molar-refractivity contribution in [2.24, 2.45) is 0 Å². The highest BCUT2D eigenvalue weighted by molar-refractivity contribution is 6.10. The second kappa shape index (κ2) is 6.01. The molecule has 0 aromatic heterocycles. The van der Waals surface area contributed by atoms with Crippen molar-refractivity contribution in [2.45, 2.75) is 0 Å². The Morgan fingerprint density at radius 3 is 2.39 bits per heavy atom. The minimum absolute atomic E-state index is 0.00783. The Balaban J connectivity index is 1.97. The fraction of sp³-hybridized carbons (Fsp3) is 0.105. The summed E-state index contributed by atoms with van der Waals surface area (Å²) in [5.74, 6) is 0.468. The molecule has 0 aliphatic heterocycles. The van der Waals surface area contributed by atoms with Gasteiger partial charge in [-0.2, -0.15) is 0 Å². The molecule has 116 valence electrons. The lowest BCUT2D eigenvalue weighted by molar-refractivity contribution is 0.0990. The van der Waals surface area contributed by atoms with Gasteiger partial charge in [0.15, 0.2) is 0 Å². The number of methoxy groups -OCH3 is 1. The Bertz CT molecular complexity index is 856. The van der Waals surface area contributed by atoms with Crippen LogP contribution in [0.25, 0.3) is 10.8 Å². The van der Waals surface area contributed by atoms with Gasteiger partial charge in [-0.15, -0.1) is 0 Å². The third-order valence-corrected chi connectivity index (χ3v) is 3.90. The normalized spacial score (nSPS) is 10.5. The maximum absolute atomic E-state index is 12.7. The van der Waals surface area contributed by atoms with Crippen LogP contribution in [0.4, 0.5) is 5.69 Å². The first-order chi connectivity index (χ1) is 11.1. The summed E-state index contributed by atoms with van der Waals surface area (Å²) in [5, 5.41) is 12.0. The number of carbonyl (C=O) groups excluding carboxylic acids is 1. The largest absolute Gasteiger partial charge is 0.506 e. The lowest BCUT2D eigenvalue weighted by atomic mass is 10.0. The molecule has 1 amide bonds. The van der Waals surface area contributed by atoms with Crippen molar-refractivity contribution in [1.29, 1.82) is 0 Å². The van der Waals surface area contributed by atoms with Crippen LogP contribution in [0, 0.1) is 0 Å². The van der Waals surface area contributed by atoms with Crippen LogP contribution in [0.15, 0.2) is 60.7 Å². The van der Waals surface area contributed by atoms with Gasteiger partial charge >= 0.3 is 0 Å². The van der Waals surface area contributed by atoms with Crippen molar-refractivity contribution in [3.63, 3.8) is 0 Å². The van der Waals surface area contributed by atoms with Crippen LogP contribution in [-0.2, 0) is 0 Å². The van der Waals surface area contributed by atoms with Crippen LogP contribution in [0.3, 0.4) is 0 Å². The van der Waals surface area contributed by atoms with Crippen LogP contribution >= 0.6 is 0 Å². The zero-order valence-electron chi connectivity index (χ0n) is 13.0. The van der Waals surface area contributed by atoms with E-state index >= 15 is 0 Å². The number of aromatic hydroxyl groups is 1. The van der Waals surface area contributed by atoms with Gasteiger partial charge in [0.2, 0.25) is 0 Å². The summed E-state index contributed by atoms with van der Waals surface area (Å²) in [6.45, 7) is 0. The Kier molecular flexibility index (Phi) is 3.89. The van der Waals surface area contributed by atoms with Gasteiger partial charge < -0.3 is 14.7 Å². The summed E-state index contributed by atoms with van der Waals surface area (Å²) in [6.07, 6.45) is 0. The lowest BCUT2D eigenvalue weighted by Crippen LogP contribution is -2.26. The summed E-state index contributed by atoms with van der Waals surface area (Å²) < 4.78 is 5.12. The van der Waals surface area contributed by atoms with Crippen LogP contribution < -0.4 is 9.64 Å². The number of phenols is 1. The molecule has 0 atom stereocenters. The van der Waals surface area contributed by atoms with E-state index in [4.69, 9.17) is 4.74 Å². The minimum atomic E-state index is -0.265. The van der Waals surface area contributed by atoms with E-state index in [-0.39, 0.29) is 17.2 Å². The maximum Gasteiger partial charge on any atom is 0.261 e. The highest BCUT2D eigenvalue weighted by Crippen LogP contribution is 2.30. The van der Waals surface area contributed by atoms with Gasteiger partial charge in [0, 0.05) is 18.1 Å². The summed E-state index contributed by atoms with van der Waals surface area (Å²) in [6, 6.07) is 18.1. The third-order valence-electron chi connectivity index (χ3n) is 3.90. The number of ether oxygens (including phenoxy) is 1. The van der Waals surface area contributed by atoms with E-state index in [0.717, 1.165) is 16.8 Å². The summed E-state index contributed by atoms with van der Waals surface area (Å²) in [4.78, 5) is 14.2. The van der Waals surface area contributed by atoms with E-state index in [2.05, 4.69) is 0 Å². The zero-order chi connectivity index (χ0) is 16.4. The van der Waals surface area contributed by atoms with Crippen molar-refractivity contribution >= 4 is 22.4 Å². The Morgan fingerprint density at radius 2 is 1.70 bits per heavy atom. The van der Waals surface area contributed by atoms with E-state index in [0.29, 0.717) is 5.39 Å². The molecule has 0 fully saturated rings. The van der Waals surface area contributed by atoms with Crippen LogP contribution in [0.1, 0.15) is 10.4 Å². The average Bonchev–Trinajstić information content (AvgIpc) is 2.61. The molecule has 23 heavy (non-hydrogen) atoms. The van der Waals surface area contributed by atoms with Crippen LogP contribution in [-0.4, -0.2) is 25.2 Å². The number of benzene rings is 3. The Morgan fingerprint density at radius 1 is 1.00 bits per heavy atom. The van der Waals surface area contributed by atoms with Crippen molar-refractivity contribution in [3.8, 4) is 11.5 Å².